The summed E-state index contributed by atoms with van der Waals surface area (Å²) in [5, 5.41) is 16.4. The monoisotopic (exact) mass is 364 g/mol. The average Bonchev–Trinajstić information content (AvgIpc) is 3.06. The Labute approximate surface area is 158 Å². The Kier molecular flexibility index (Phi) is 6.06. The molecule has 0 spiro atoms. The molecule has 0 saturated heterocycles. The Balaban J connectivity index is 0.000000260. The summed E-state index contributed by atoms with van der Waals surface area (Å²) in [6, 6.07) is 0. The maximum absolute atomic E-state index is 5.19. The highest BCUT2D eigenvalue weighted by atomic mass is 16.5. The van der Waals surface area contributed by atoms with Crippen molar-refractivity contribution in [2.75, 3.05) is 0 Å². The van der Waals surface area contributed by atoms with Crippen LogP contribution in [0.4, 0.5) is 0 Å². The Hall–Kier alpha value is -1.79. The van der Waals surface area contributed by atoms with E-state index in [1.165, 1.54) is 0 Å². The summed E-state index contributed by atoms with van der Waals surface area (Å²) < 4.78 is 5.19. The van der Waals surface area contributed by atoms with Crippen LogP contribution < -0.4 is 0 Å². The van der Waals surface area contributed by atoms with Gasteiger partial charge in [0.1, 0.15) is 0 Å². The lowest BCUT2D eigenvalue weighted by molar-refractivity contribution is 0.303. The number of tetrazole rings is 1. The normalized spacial score (nSPS) is 13.4. The van der Waals surface area contributed by atoms with E-state index in [-0.39, 0.29) is 21.8 Å². The molecule has 0 saturated carbocycles. The van der Waals surface area contributed by atoms with Gasteiger partial charge in [-0.2, -0.15) is 9.78 Å². The summed E-state index contributed by atoms with van der Waals surface area (Å²) >= 11 is 0. The zero-order chi connectivity index (χ0) is 20.6. The van der Waals surface area contributed by atoms with Crippen LogP contribution in [0.15, 0.2) is 4.52 Å². The van der Waals surface area contributed by atoms with E-state index in [2.05, 4.69) is 109 Å². The van der Waals surface area contributed by atoms with Gasteiger partial charge in [0.25, 0.3) is 0 Å². The third kappa shape index (κ3) is 6.18. The molecule has 0 amide bonds. The molecule has 0 bridgehead atoms. The second kappa shape index (κ2) is 7.08. The second-order valence-corrected chi connectivity index (χ2v) is 10.7. The molecule has 0 fully saturated rings. The van der Waals surface area contributed by atoms with E-state index in [0.717, 1.165) is 11.6 Å². The molecule has 7 nitrogen and oxygen atoms in total. The molecule has 2 heterocycles. The molecule has 2 aromatic rings. The first kappa shape index (κ1) is 22.3. The van der Waals surface area contributed by atoms with E-state index in [4.69, 9.17) is 4.52 Å². The quantitative estimate of drug-likeness (QED) is 0.689. The fraction of sp³-hybridized carbons (Fsp3) is 0.842. The summed E-state index contributed by atoms with van der Waals surface area (Å²) in [5.74, 6) is 2.28. The topological polar surface area (TPSA) is 82.5 Å². The molecule has 0 atom stereocenters. The van der Waals surface area contributed by atoms with E-state index >= 15 is 0 Å². The SMILES string of the molecule is CC(C)(C)c1nnn(C(C)(C)C)n1.CC(C)(C)c1noc(C(C)(C)C)n1. The van der Waals surface area contributed by atoms with Crippen LogP contribution in [-0.4, -0.2) is 30.3 Å². The van der Waals surface area contributed by atoms with E-state index in [9.17, 15) is 0 Å². The lowest BCUT2D eigenvalue weighted by atomic mass is 9.94. The predicted octanol–water partition coefficient (Wildman–Crippen LogP) is 4.39. The van der Waals surface area contributed by atoms with Gasteiger partial charge in [-0.3, -0.25) is 0 Å². The molecular weight excluding hydrogens is 328 g/mol. The van der Waals surface area contributed by atoms with Crippen molar-refractivity contribution in [1.29, 1.82) is 0 Å². The maximum atomic E-state index is 5.19. The molecule has 148 valence electrons. The van der Waals surface area contributed by atoms with Crippen molar-refractivity contribution >= 4 is 0 Å². The number of nitrogens with zero attached hydrogens (tertiary/aromatic N) is 6. The smallest absolute Gasteiger partial charge is 0.232 e. The van der Waals surface area contributed by atoms with E-state index in [0.29, 0.717) is 5.89 Å². The Bertz CT molecular complexity index is 583. The van der Waals surface area contributed by atoms with Gasteiger partial charge in [-0.15, -0.1) is 10.2 Å². The summed E-state index contributed by atoms with van der Waals surface area (Å²) in [6.45, 7) is 24.8. The summed E-state index contributed by atoms with van der Waals surface area (Å²) in [6.07, 6.45) is 0. The minimum atomic E-state index is -0.0868. The fourth-order valence-corrected chi connectivity index (χ4v) is 1.63. The lowest BCUT2D eigenvalue weighted by Gasteiger charge is -2.16. The van der Waals surface area contributed by atoms with Crippen molar-refractivity contribution in [1.82, 2.24) is 30.3 Å². The van der Waals surface area contributed by atoms with E-state index in [1.54, 1.807) is 4.80 Å². The summed E-state index contributed by atoms with van der Waals surface area (Å²) in [7, 11) is 0. The van der Waals surface area contributed by atoms with Gasteiger partial charge in [0.2, 0.25) is 5.89 Å². The van der Waals surface area contributed by atoms with Crippen LogP contribution in [0.25, 0.3) is 0 Å². The van der Waals surface area contributed by atoms with Crippen LogP contribution in [-0.2, 0) is 21.8 Å². The van der Waals surface area contributed by atoms with Crippen LogP contribution in [0.1, 0.15) is 101 Å². The van der Waals surface area contributed by atoms with Crippen LogP contribution in [0, 0.1) is 0 Å². The second-order valence-electron chi connectivity index (χ2n) is 10.7. The molecule has 7 heteroatoms. The molecule has 0 radical (unpaired) electrons. The van der Waals surface area contributed by atoms with Crippen molar-refractivity contribution in [3.8, 4) is 0 Å². The highest BCUT2D eigenvalue weighted by Gasteiger charge is 2.26. The van der Waals surface area contributed by atoms with Crippen molar-refractivity contribution in [3.63, 3.8) is 0 Å². The molecule has 2 aromatic heterocycles. The number of rotatable bonds is 0. The summed E-state index contributed by atoms with van der Waals surface area (Å²) in [5.41, 5.74) is -0.205. The van der Waals surface area contributed by atoms with Gasteiger partial charge in [-0.25, -0.2) is 0 Å². The number of aromatic nitrogens is 6. The highest BCUT2D eigenvalue weighted by molar-refractivity contribution is 5.04. The molecule has 0 aliphatic carbocycles. The first-order valence-electron chi connectivity index (χ1n) is 9.08. The molecule has 0 aliphatic rings. The van der Waals surface area contributed by atoms with Gasteiger partial charge in [0.15, 0.2) is 11.6 Å². The zero-order valence-electron chi connectivity index (χ0n) is 18.6. The van der Waals surface area contributed by atoms with Crippen molar-refractivity contribution in [3.05, 3.63) is 17.5 Å². The Morgan fingerprint density at radius 2 is 1.19 bits per heavy atom. The van der Waals surface area contributed by atoms with E-state index in [1.807, 2.05) is 0 Å². The van der Waals surface area contributed by atoms with Crippen molar-refractivity contribution < 1.29 is 4.52 Å². The third-order valence-electron chi connectivity index (χ3n) is 3.42. The highest BCUT2D eigenvalue weighted by Crippen LogP contribution is 2.24. The minimum Gasteiger partial charge on any atom is -0.339 e. The average molecular weight is 365 g/mol. The van der Waals surface area contributed by atoms with E-state index < -0.39 is 0 Å². The van der Waals surface area contributed by atoms with Crippen LogP contribution in [0.3, 0.4) is 0 Å². The van der Waals surface area contributed by atoms with Crippen LogP contribution >= 0.6 is 0 Å². The van der Waals surface area contributed by atoms with Gasteiger partial charge < -0.3 is 4.52 Å². The van der Waals surface area contributed by atoms with Crippen LogP contribution in [0.2, 0.25) is 0 Å². The first-order valence-corrected chi connectivity index (χ1v) is 9.08. The lowest BCUT2D eigenvalue weighted by Crippen LogP contribution is -2.25. The largest absolute Gasteiger partial charge is 0.339 e. The first-order chi connectivity index (χ1) is 11.4. The molecule has 0 unspecified atom stereocenters. The predicted molar refractivity (Wildman–Crippen MR) is 103 cm³/mol. The standard InChI is InChI=1S/C10H18N2O.C9H18N4/c1-9(2,3)7-11-8(13-12-7)10(4,5)6;1-8(2,3)7-10-12-13(11-7)9(4,5)6/h2*1-6H3. The third-order valence-corrected chi connectivity index (χ3v) is 3.42. The molecule has 2 rings (SSSR count). The van der Waals surface area contributed by atoms with Gasteiger partial charge in [0, 0.05) is 16.2 Å². The Morgan fingerprint density at radius 3 is 1.42 bits per heavy atom. The molecule has 26 heavy (non-hydrogen) atoms. The molecular formula is C19H36N6O. The number of hydrogen-bond donors (Lipinski definition) is 0. The molecule has 0 aromatic carbocycles. The van der Waals surface area contributed by atoms with Crippen molar-refractivity contribution in [2.24, 2.45) is 0 Å². The maximum Gasteiger partial charge on any atom is 0.232 e. The van der Waals surface area contributed by atoms with Gasteiger partial charge in [-0.1, -0.05) is 67.5 Å². The van der Waals surface area contributed by atoms with Gasteiger partial charge in [0.05, 0.1) is 5.54 Å². The van der Waals surface area contributed by atoms with Gasteiger partial charge in [-0.05, 0) is 26.0 Å². The summed E-state index contributed by atoms with van der Waals surface area (Å²) in [4.78, 5) is 6.04. The fourth-order valence-electron chi connectivity index (χ4n) is 1.63. The molecule has 0 N–H and O–H groups in total. The van der Waals surface area contributed by atoms with Crippen LogP contribution in [0.5, 0.6) is 0 Å². The zero-order valence-corrected chi connectivity index (χ0v) is 18.6. The minimum absolute atomic E-state index is 0.0243. The van der Waals surface area contributed by atoms with Gasteiger partial charge >= 0.3 is 0 Å². The Morgan fingerprint density at radius 1 is 0.692 bits per heavy atom. The molecule has 0 aliphatic heterocycles. The number of hydrogen-bond acceptors (Lipinski definition) is 6. The van der Waals surface area contributed by atoms with Crippen molar-refractivity contribution in [2.45, 2.75) is 105 Å².